The molecule has 0 aliphatic carbocycles. The van der Waals surface area contributed by atoms with Crippen molar-refractivity contribution in [2.75, 3.05) is 24.7 Å². The van der Waals surface area contributed by atoms with Crippen molar-refractivity contribution < 1.29 is 9.59 Å². The molecule has 1 aromatic carbocycles. The normalized spacial score (nSPS) is 10.1. The van der Waals surface area contributed by atoms with E-state index in [2.05, 4.69) is 20.9 Å². The zero-order chi connectivity index (χ0) is 16.1. The number of hydrogen-bond donors (Lipinski definition) is 2. The predicted molar refractivity (Wildman–Crippen MR) is 82.8 cm³/mol. The third kappa shape index (κ3) is 4.45. The lowest BCUT2D eigenvalue weighted by Gasteiger charge is -2.09. The van der Waals surface area contributed by atoms with Gasteiger partial charge in [0.25, 0.3) is 0 Å². The Kier molecular flexibility index (Phi) is 4.95. The van der Waals surface area contributed by atoms with Crippen molar-refractivity contribution in [3.05, 3.63) is 35.5 Å². The molecule has 1 aromatic heterocycles. The molecule has 0 spiro atoms. The third-order valence-corrected chi connectivity index (χ3v) is 2.87. The van der Waals surface area contributed by atoms with Crippen molar-refractivity contribution in [3.63, 3.8) is 0 Å². The molecule has 2 rings (SSSR count). The molecular weight excluding hydrogens is 308 g/mol. The van der Waals surface area contributed by atoms with Crippen LogP contribution in [0.5, 0.6) is 0 Å². The first-order chi connectivity index (χ1) is 10.4. The molecule has 22 heavy (non-hydrogen) atoms. The molecule has 3 amide bonds. The van der Waals surface area contributed by atoms with Gasteiger partial charge in [-0.2, -0.15) is 0 Å². The van der Waals surface area contributed by atoms with E-state index in [-0.39, 0.29) is 24.3 Å². The van der Waals surface area contributed by atoms with Crippen molar-refractivity contribution in [2.45, 2.75) is 6.54 Å². The van der Waals surface area contributed by atoms with Crippen molar-refractivity contribution in [2.24, 2.45) is 0 Å². The number of rotatable bonds is 4. The van der Waals surface area contributed by atoms with Crippen molar-refractivity contribution in [1.82, 2.24) is 19.9 Å². The van der Waals surface area contributed by atoms with E-state index in [9.17, 15) is 9.59 Å². The Bertz CT molecular complexity index is 667. The maximum Gasteiger partial charge on any atom is 0.322 e. The number of urea groups is 1. The van der Waals surface area contributed by atoms with Gasteiger partial charge in [0.1, 0.15) is 6.54 Å². The summed E-state index contributed by atoms with van der Waals surface area (Å²) in [7, 11) is 3.22. The first-order valence-corrected chi connectivity index (χ1v) is 6.75. The molecule has 0 bridgehead atoms. The Morgan fingerprint density at radius 2 is 1.91 bits per heavy atom. The fraction of sp³-hybridized carbons (Fsp3) is 0.231. The predicted octanol–water partition coefficient (Wildman–Crippen LogP) is 1.66. The van der Waals surface area contributed by atoms with Gasteiger partial charge in [-0.05, 0) is 24.3 Å². The highest BCUT2D eigenvalue weighted by Crippen LogP contribution is 2.13. The van der Waals surface area contributed by atoms with Crippen molar-refractivity contribution in [1.29, 1.82) is 0 Å². The van der Waals surface area contributed by atoms with Gasteiger partial charge in [-0.25, -0.2) is 9.48 Å². The summed E-state index contributed by atoms with van der Waals surface area (Å²) in [6.07, 6.45) is 1.48. The van der Waals surface area contributed by atoms with E-state index in [0.717, 1.165) is 0 Å². The second-order valence-corrected chi connectivity index (χ2v) is 5.12. The van der Waals surface area contributed by atoms with Crippen LogP contribution >= 0.6 is 11.6 Å². The molecule has 9 heteroatoms. The highest BCUT2D eigenvalue weighted by Gasteiger charge is 2.09. The van der Waals surface area contributed by atoms with Gasteiger partial charge >= 0.3 is 6.03 Å². The standard InChI is InChI=1S/C13H15ClN6O2/c1-19(2)13(22)16-11-7-20(18-17-11)8-12(21)15-10-5-3-9(14)4-6-10/h3-7H,8H2,1-2H3,(H,15,21)(H,16,22). The molecule has 2 N–H and O–H groups in total. The fourth-order valence-electron chi connectivity index (χ4n) is 1.54. The number of anilines is 2. The number of aromatic nitrogens is 3. The summed E-state index contributed by atoms with van der Waals surface area (Å²) in [5, 5.41) is 13.4. The minimum absolute atomic E-state index is 0.0204. The van der Waals surface area contributed by atoms with E-state index >= 15 is 0 Å². The molecule has 0 radical (unpaired) electrons. The molecule has 0 unspecified atom stereocenters. The summed E-state index contributed by atoms with van der Waals surface area (Å²) < 4.78 is 1.33. The minimum Gasteiger partial charge on any atom is -0.331 e. The first-order valence-electron chi connectivity index (χ1n) is 6.38. The highest BCUT2D eigenvalue weighted by atomic mass is 35.5. The molecule has 0 aliphatic rings. The Balaban J connectivity index is 1.90. The van der Waals surface area contributed by atoms with E-state index in [0.29, 0.717) is 10.7 Å². The van der Waals surface area contributed by atoms with Crippen molar-refractivity contribution >= 4 is 35.0 Å². The maximum atomic E-state index is 11.9. The summed E-state index contributed by atoms with van der Waals surface area (Å²) >= 11 is 5.77. The van der Waals surface area contributed by atoms with E-state index in [1.54, 1.807) is 38.4 Å². The average Bonchev–Trinajstić information content (AvgIpc) is 2.88. The summed E-state index contributed by atoms with van der Waals surface area (Å²) in [6, 6.07) is 6.44. The topological polar surface area (TPSA) is 92.2 Å². The largest absolute Gasteiger partial charge is 0.331 e. The lowest BCUT2D eigenvalue weighted by molar-refractivity contribution is -0.116. The summed E-state index contributed by atoms with van der Waals surface area (Å²) in [6.45, 7) is -0.0204. The highest BCUT2D eigenvalue weighted by molar-refractivity contribution is 6.30. The number of benzene rings is 1. The Hall–Kier alpha value is -2.61. The van der Waals surface area contributed by atoms with Crippen LogP contribution in [0.2, 0.25) is 5.02 Å². The number of nitrogens with zero attached hydrogens (tertiary/aromatic N) is 4. The van der Waals surface area contributed by atoms with E-state index < -0.39 is 0 Å². The van der Waals surface area contributed by atoms with Crippen LogP contribution in [0.25, 0.3) is 0 Å². The van der Waals surface area contributed by atoms with Crippen LogP contribution in [-0.2, 0) is 11.3 Å². The summed E-state index contributed by atoms with van der Waals surface area (Å²) in [4.78, 5) is 24.7. The zero-order valence-electron chi connectivity index (χ0n) is 12.1. The van der Waals surface area contributed by atoms with Gasteiger partial charge in [-0.3, -0.25) is 10.1 Å². The molecule has 116 valence electrons. The van der Waals surface area contributed by atoms with E-state index in [1.165, 1.54) is 15.8 Å². The Morgan fingerprint density at radius 3 is 2.55 bits per heavy atom. The van der Waals surface area contributed by atoms with Gasteiger partial charge in [-0.1, -0.05) is 16.8 Å². The van der Waals surface area contributed by atoms with Crippen LogP contribution in [0.1, 0.15) is 0 Å². The molecule has 0 aliphatic heterocycles. The van der Waals surface area contributed by atoms with Gasteiger partial charge in [-0.15, -0.1) is 5.10 Å². The first kappa shape index (κ1) is 15.8. The number of halogens is 1. The maximum absolute atomic E-state index is 11.9. The molecule has 0 saturated heterocycles. The van der Waals surface area contributed by atoms with E-state index in [1.807, 2.05) is 0 Å². The van der Waals surface area contributed by atoms with Crippen LogP contribution in [0.4, 0.5) is 16.3 Å². The van der Waals surface area contributed by atoms with Gasteiger partial charge < -0.3 is 10.2 Å². The molecule has 0 saturated carbocycles. The number of amides is 3. The molecule has 8 nitrogen and oxygen atoms in total. The lowest BCUT2D eigenvalue weighted by atomic mass is 10.3. The van der Waals surface area contributed by atoms with Gasteiger partial charge in [0.05, 0.1) is 6.20 Å². The van der Waals surface area contributed by atoms with Crippen LogP contribution in [0, 0.1) is 0 Å². The fourth-order valence-corrected chi connectivity index (χ4v) is 1.66. The molecule has 0 atom stereocenters. The van der Waals surface area contributed by atoms with Crippen LogP contribution < -0.4 is 10.6 Å². The second kappa shape index (κ2) is 6.90. The SMILES string of the molecule is CN(C)C(=O)Nc1cn(CC(=O)Nc2ccc(Cl)cc2)nn1. The summed E-state index contributed by atoms with van der Waals surface area (Å²) in [5.41, 5.74) is 0.635. The number of hydrogen-bond acceptors (Lipinski definition) is 4. The minimum atomic E-state index is -0.322. The number of carbonyl (C=O) groups excluding carboxylic acids is 2. The van der Waals surface area contributed by atoms with Crippen LogP contribution in [0.15, 0.2) is 30.5 Å². The van der Waals surface area contributed by atoms with E-state index in [4.69, 9.17) is 11.6 Å². The number of nitrogens with one attached hydrogen (secondary N) is 2. The van der Waals surface area contributed by atoms with Gasteiger partial charge in [0, 0.05) is 24.8 Å². The smallest absolute Gasteiger partial charge is 0.322 e. The van der Waals surface area contributed by atoms with Gasteiger partial charge in [0.15, 0.2) is 5.82 Å². The zero-order valence-corrected chi connectivity index (χ0v) is 12.8. The Labute approximate surface area is 132 Å². The monoisotopic (exact) mass is 322 g/mol. The van der Waals surface area contributed by atoms with Crippen molar-refractivity contribution in [3.8, 4) is 0 Å². The second-order valence-electron chi connectivity index (χ2n) is 4.68. The lowest BCUT2D eigenvalue weighted by Crippen LogP contribution is -2.27. The quantitative estimate of drug-likeness (QED) is 0.895. The molecular formula is C13H15ClN6O2. The molecule has 0 fully saturated rings. The molecule has 1 heterocycles. The Morgan fingerprint density at radius 1 is 1.23 bits per heavy atom. The molecule has 2 aromatic rings. The van der Waals surface area contributed by atoms with Gasteiger partial charge in [0.2, 0.25) is 5.91 Å². The van der Waals surface area contributed by atoms with Crippen LogP contribution in [0.3, 0.4) is 0 Å². The number of carbonyl (C=O) groups is 2. The van der Waals surface area contributed by atoms with Crippen LogP contribution in [-0.4, -0.2) is 45.9 Å². The summed E-state index contributed by atoms with van der Waals surface area (Å²) in [5.74, 6) is 0.00991. The third-order valence-electron chi connectivity index (χ3n) is 2.61. The average molecular weight is 323 g/mol.